The number of aromatic nitrogens is 5. The summed E-state index contributed by atoms with van der Waals surface area (Å²) in [4.78, 5) is 31.0. The highest BCUT2D eigenvalue weighted by atomic mass is 19.1. The Balaban J connectivity index is 1.92. The number of nitrogens with zero attached hydrogens (tertiary/aromatic N) is 5. The standard InChI is InChI=1S/C22H26FN5O3/c1-5-31-12-8-11-26-14(2)15(3)28-18-19(24-21(26)28)25(4)22(30)27(20(18)29)13-16-9-6-7-10-17(16)23/h6-7,9-10H,5,8,11-13H2,1-4H3. The zero-order chi connectivity index (χ0) is 22.3. The van der Waals surface area contributed by atoms with Gasteiger partial charge >= 0.3 is 5.69 Å². The predicted molar refractivity (Wildman–Crippen MR) is 116 cm³/mol. The van der Waals surface area contributed by atoms with Crippen LogP contribution in [0.2, 0.25) is 0 Å². The Bertz CT molecular complexity index is 1390. The fraction of sp³-hybridized carbons (Fsp3) is 0.409. The highest BCUT2D eigenvalue weighted by Crippen LogP contribution is 2.21. The minimum Gasteiger partial charge on any atom is -0.382 e. The summed E-state index contributed by atoms with van der Waals surface area (Å²) in [6.45, 7) is 7.70. The molecule has 4 rings (SSSR count). The van der Waals surface area contributed by atoms with Crippen molar-refractivity contribution in [2.75, 3.05) is 13.2 Å². The number of aryl methyl sites for hydroxylation is 3. The van der Waals surface area contributed by atoms with Gasteiger partial charge in [-0.2, -0.15) is 4.98 Å². The van der Waals surface area contributed by atoms with Crippen LogP contribution in [0, 0.1) is 19.7 Å². The molecule has 0 amide bonds. The van der Waals surface area contributed by atoms with Gasteiger partial charge in [0.1, 0.15) is 5.82 Å². The summed E-state index contributed by atoms with van der Waals surface area (Å²) in [6, 6.07) is 6.14. The normalized spacial score (nSPS) is 11.8. The highest BCUT2D eigenvalue weighted by Gasteiger charge is 2.22. The number of hydrogen-bond acceptors (Lipinski definition) is 4. The van der Waals surface area contributed by atoms with E-state index in [1.807, 2.05) is 25.3 Å². The van der Waals surface area contributed by atoms with Crippen molar-refractivity contribution in [2.45, 2.75) is 40.3 Å². The number of imidazole rings is 2. The van der Waals surface area contributed by atoms with E-state index < -0.39 is 17.1 Å². The number of hydrogen-bond donors (Lipinski definition) is 0. The van der Waals surface area contributed by atoms with Crippen LogP contribution in [0.4, 0.5) is 4.39 Å². The van der Waals surface area contributed by atoms with Crippen molar-refractivity contribution in [3.63, 3.8) is 0 Å². The van der Waals surface area contributed by atoms with Crippen LogP contribution in [0.25, 0.3) is 16.9 Å². The third-order valence-corrected chi connectivity index (χ3v) is 5.79. The maximum Gasteiger partial charge on any atom is 0.332 e. The van der Waals surface area contributed by atoms with Crippen molar-refractivity contribution in [3.05, 3.63) is 67.9 Å². The lowest BCUT2D eigenvalue weighted by Gasteiger charge is -2.09. The molecule has 0 saturated carbocycles. The fourth-order valence-electron chi connectivity index (χ4n) is 3.99. The predicted octanol–water partition coefficient (Wildman–Crippen LogP) is 2.38. The van der Waals surface area contributed by atoms with E-state index in [4.69, 9.17) is 4.74 Å². The van der Waals surface area contributed by atoms with Crippen molar-refractivity contribution in [3.8, 4) is 0 Å². The molecule has 4 aromatic rings. The summed E-state index contributed by atoms with van der Waals surface area (Å²) in [6.07, 6.45) is 0.804. The smallest absolute Gasteiger partial charge is 0.332 e. The van der Waals surface area contributed by atoms with E-state index >= 15 is 0 Å². The Morgan fingerprint density at radius 3 is 2.55 bits per heavy atom. The topological polar surface area (TPSA) is 75.5 Å². The second-order valence-electron chi connectivity index (χ2n) is 7.62. The molecule has 0 spiro atoms. The van der Waals surface area contributed by atoms with Gasteiger partial charge in [-0.05, 0) is 33.3 Å². The number of halogens is 1. The van der Waals surface area contributed by atoms with Crippen molar-refractivity contribution in [1.82, 2.24) is 23.1 Å². The molecule has 0 N–H and O–H groups in total. The molecule has 0 unspecified atom stereocenters. The van der Waals surface area contributed by atoms with Gasteiger partial charge in [0.2, 0.25) is 5.78 Å². The number of fused-ring (bicyclic) bond motifs is 3. The monoisotopic (exact) mass is 427 g/mol. The Hall–Kier alpha value is -3.20. The lowest BCUT2D eigenvalue weighted by molar-refractivity contribution is 0.142. The molecule has 31 heavy (non-hydrogen) atoms. The van der Waals surface area contributed by atoms with Gasteiger partial charge in [0.15, 0.2) is 11.2 Å². The molecular formula is C22H26FN5O3. The van der Waals surface area contributed by atoms with E-state index in [9.17, 15) is 14.0 Å². The lowest BCUT2D eigenvalue weighted by Crippen LogP contribution is -2.39. The van der Waals surface area contributed by atoms with Crippen LogP contribution in [0.1, 0.15) is 30.3 Å². The number of ether oxygens (including phenoxy) is 1. The van der Waals surface area contributed by atoms with Gasteiger partial charge < -0.3 is 9.30 Å². The minimum absolute atomic E-state index is 0.144. The first-order valence-electron chi connectivity index (χ1n) is 10.4. The van der Waals surface area contributed by atoms with Gasteiger partial charge in [0.05, 0.1) is 6.54 Å². The largest absolute Gasteiger partial charge is 0.382 e. The summed E-state index contributed by atoms with van der Waals surface area (Å²) in [7, 11) is 1.58. The molecule has 0 aliphatic carbocycles. The molecule has 0 radical (unpaired) electrons. The Morgan fingerprint density at radius 2 is 1.84 bits per heavy atom. The van der Waals surface area contributed by atoms with Crippen molar-refractivity contribution in [2.24, 2.45) is 7.05 Å². The van der Waals surface area contributed by atoms with Crippen molar-refractivity contribution in [1.29, 1.82) is 0 Å². The average molecular weight is 427 g/mol. The second-order valence-corrected chi connectivity index (χ2v) is 7.62. The van der Waals surface area contributed by atoms with Gasteiger partial charge in [-0.1, -0.05) is 18.2 Å². The van der Waals surface area contributed by atoms with Crippen LogP contribution in [-0.4, -0.2) is 36.3 Å². The maximum atomic E-state index is 14.2. The van der Waals surface area contributed by atoms with E-state index in [1.165, 1.54) is 10.6 Å². The number of rotatable bonds is 7. The van der Waals surface area contributed by atoms with Crippen LogP contribution in [0.5, 0.6) is 0 Å². The SMILES string of the molecule is CCOCCCn1c(C)c(C)n2c3c(=O)n(Cc4ccccc4F)c(=O)n(C)c3nc12. The van der Waals surface area contributed by atoms with Gasteiger partial charge in [0, 0.05) is 43.8 Å². The summed E-state index contributed by atoms with van der Waals surface area (Å²) in [5.74, 6) is 0.152. The fourth-order valence-corrected chi connectivity index (χ4v) is 3.99. The van der Waals surface area contributed by atoms with E-state index in [-0.39, 0.29) is 12.1 Å². The third kappa shape index (κ3) is 3.38. The van der Waals surface area contributed by atoms with E-state index in [1.54, 1.807) is 29.6 Å². The van der Waals surface area contributed by atoms with Gasteiger partial charge in [-0.25, -0.2) is 9.18 Å². The maximum absolute atomic E-state index is 14.2. The average Bonchev–Trinajstić information content (AvgIpc) is 3.25. The Labute approximate surface area is 178 Å². The van der Waals surface area contributed by atoms with Crippen molar-refractivity contribution >= 4 is 16.9 Å². The molecule has 0 saturated heterocycles. The van der Waals surface area contributed by atoms with Crippen LogP contribution >= 0.6 is 0 Å². The molecule has 0 fully saturated rings. The molecule has 1 aromatic carbocycles. The molecule has 9 heteroatoms. The zero-order valence-corrected chi connectivity index (χ0v) is 18.2. The van der Waals surface area contributed by atoms with Crippen molar-refractivity contribution < 1.29 is 9.13 Å². The molecule has 8 nitrogen and oxygen atoms in total. The summed E-state index contributed by atoms with van der Waals surface area (Å²) >= 11 is 0. The van der Waals surface area contributed by atoms with E-state index in [0.29, 0.717) is 36.7 Å². The molecule has 3 heterocycles. The molecule has 0 aliphatic rings. The molecular weight excluding hydrogens is 401 g/mol. The quantitative estimate of drug-likeness (QED) is 0.425. The zero-order valence-electron chi connectivity index (χ0n) is 18.2. The lowest BCUT2D eigenvalue weighted by atomic mass is 10.2. The molecule has 0 bridgehead atoms. The van der Waals surface area contributed by atoms with Gasteiger partial charge in [0.25, 0.3) is 5.56 Å². The van der Waals surface area contributed by atoms with Crippen LogP contribution < -0.4 is 11.2 Å². The Morgan fingerprint density at radius 1 is 1.10 bits per heavy atom. The van der Waals surface area contributed by atoms with Gasteiger partial charge in [-0.15, -0.1) is 0 Å². The summed E-state index contributed by atoms with van der Waals surface area (Å²) in [5, 5.41) is 0. The van der Waals surface area contributed by atoms with Crippen LogP contribution in [0.3, 0.4) is 0 Å². The minimum atomic E-state index is -0.529. The van der Waals surface area contributed by atoms with E-state index in [0.717, 1.165) is 22.4 Å². The summed E-state index contributed by atoms with van der Waals surface area (Å²) < 4.78 is 25.9. The van der Waals surface area contributed by atoms with Crippen LogP contribution in [0.15, 0.2) is 33.9 Å². The van der Waals surface area contributed by atoms with E-state index in [2.05, 4.69) is 4.98 Å². The first-order chi connectivity index (χ1) is 14.9. The number of benzene rings is 1. The van der Waals surface area contributed by atoms with Gasteiger partial charge in [-0.3, -0.25) is 18.3 Å². The first-order valence-corrected chi connectivity index (χ1v) is 10.4. The van der Waals surface area contributed by atoms with Crippen LogP contribution in [-0.2, 0) is 24.9 Å². The molecule has 0 aliphatic heterocycles. The Kier molecular flexibility index (Phi) is 5.53. The molecule has 3 aromatic heterocycles. The molecule has 0 atom stereocenters. The molecule has 164 valence electrons. The summed E-state index contributed by atoms with van der Waals surface area (Å²) in [5.41, 5.74) is 1.77. The first kappa shape index (κ1) is 21.0. The third-order valence-electron chi connectivity index (χ3n) is 5.79. The highest BCUT2D eigenvalue weighted by molar-refractivity contribution is 5.76. The second kappa shape index (κ2) is 8.14.